The molecule has 5 nitrogen and oxygen atoms in total. The summed E-state index contributed by atoms with van der Waals surface area (Å²) < 4.78 is 0.963. The van der Waals surface area contributed by atoms with Gasteiger partial charge in [-0.3, -0.25) is 9.59 Å². The molecule has 2 aromatic carbocycles. The Kier molecular flexibility index (Phi) is 4.32. The fraction of sp³-hybridized carbons (Fsp3) is 0.0625. The monoisotopic (exact) mass is 347 g/mol. The van der Waals surface area contributed by atoms with Crippen molar-refractivity contribution in [2.45, 2.75) is 6.54 Å². The number of hydrogen-bond acceptors (Lipinski definition) is 3. The van der Waals surface area contributed by atoms with Gasteiger partial charge in [0.05, 0.1) is 11.2 Å². The number of nitrogens with one attached hydrogen (secondary N) is 1. The standard InChI is InChI=1S/C16H11Cl2N3O2/c17-13-8-19-21(16(23)15(13)18)9-14(22)20-12-6-5-10-3-1-2-4-11(10)7-12/h1-8H,9H2,(H,20,22). The molecule has 0 bridgehead atoms. The van der Waals surface area contributed by atoms with Crippen molar-refractivity contribution < 1.29 is 4.79 Å². The number of carbonyl (C=O) groups excluding carboxylic acids is 1. The van der Waals surface area contributed by atoms with Crippen molar-refractivity contribution in [3.8, 4) is 0 Å². The van der Waals surface area contributed by atoms with Gasteiger partial charge in [0.1, 0.15) is 11.6 Å². The molecule has 0 aliphatic heterocycles. The highest BCUT2D eigenvalue weighted by molar-refractivity contribution is 6.41. The van der Waals surface area contributed by atoms with Crippen molar-refractivity contribution in [2.75, 3.05) is 5.32 Å². The fourth-order valence-electron chi connectivity index (χ4n) is 2.16. The lowest BCUT2D eigenvalue weighted by atomic mass is 10.1. The first-order valence-corrected chi connectivity index (χ1v) is 7.50. The molecule has 7 heteroatoms. The zero-order valence-electron chi connectivity index (χ0n) is 11.8. The summed E-state index contributed by atoms with van der Waals surface area (Å²) in [4.78, 5) is 23.9. The molecule has 0 aliphatic carbocycles. The van der Waals surface area contributed by atoms with Crippen LogP contribution in [0.5, 0.6) is 0 Å². The molecule has 0 saturated heterocycles. The molecule has 3 rings (SSSR count). The van der Waals surface area contributed by atoms with Crippen molar-refractivity contribution >= 4 is 45.6 Å². The third-order valence-corrected chi connectivity index (χ3v) is 4.02. The minimum atomic E-state index is -0.604. The van der Waals surface area contributed by atoms with E-state index in [2.05, 4.69) is 10.4 Å². The number of anilines is 1. The number of aromatic nitrogens is 2. The van der Waals surface area contributed by atoms with Gasteiger partial charge >= 0.3 is 0 Å². The smallest absolute Gasteiger partial charge is 0.287 e. The highest BCUT2D eigenvalue weighted by atomic mass is 35.5. The molecule has 0 aliphatic rings. The average molecular weight is 348 g/mol. The highest BCUT2D eigenvalue weighted by Gasteiger charge is 2.11. The van der Waals surface area contributed by atoms with Gasteiger partial charge in [0.15, 0.2) is 0 Å². The third-order valence-electron chi connectivity index (χ3n) is 3.27. The molecule has 23 heavy (non-hydrogen) atoms. The van der Waals surface area contributed by atoms with Crippen LogP contribution in [-0.4, -0.2) is 15.7 Å². The van der Waals surface area contributed by atoms with E-state index in [0.717, 1.165) is 15.5 Å². The summed E-state index contributed by atoms with van der Waals surface area (Å²) in [5.74, 6) is -0.381. The minimum Gasteiger partial charge on any atom is -0.324 e. The summed E-state index contributed by atoms with van der Waals surface area (Å²) in [5.41, 5.74) is 0.0367. The molecule has 0 unspecified atom stereocenters. The van der Waals surface area contributed by atoms with Crippen LogP contribution < -0.4 is 10.9 Å². The van der Waals surface area contributed by atoms with Crippen molar-refractivity contribution in [1.29, 1.82) is 0 Å². The number of benzene rings is 2. The number of amides is 1. The minimum absolute atomic E-state index is 0.0582. The maximum atomic E-state index is 12.1. The Balaban J connectivity index is 1.78. The Bertz CT molecular complexity index is 953. The maximum absolute atomic E-state index is 12.1. The Morgan fingerprint density at radius 3 is 2.65 bits per heavy atom. The van der Waals surface area contributed by atoms with Crippen LogP contribution in [-0.2, 0) is 11.3 Å². The summed E-state index contributed by atoms with van der Waals surface area (Å²) in [6, 6.07) is 13.4. The quantitative estimate of drug-likeness (QED) is 0.790. The topological polar surface area (TPSA) is 64.0 Å². The van der Waals surface area contributed by atoms with E-state index in [1.54, 1.807) is 6.07 Å². The van der Waals surface area contributed by atoms with E-state index >= 15 is 0 Å². The van der Waals surface area contributed by atoms with Gasteiger partial charge in [-0.05, 0) is 22.9 Å². The SMILES string of the molecule is O=C(Cn1ncc(Cl)c(Cl)c1=O)Nc1ccc2ccccc2c1. The summed E-state index contributed by atoms with van der Waals surface area (Å²) in [7, 11) is 0. The lowest BCUT2D eigenvalue weighted by molar-refractivity contribution is -0.117. The second-order valence-electron chi connectivity index (χ2n) is 4.88. The van der Waals surface area contributed by atoms with Gasteiger partial charge in [0.2, 0.25) is 5.91 Å². The van der Waals surface area contributed by atoms with E-state index in [-0.39, 0.29) is 22.5 Å². The van der Waals surface area contributed by atoms with Crippen LogP contribution in [0.3, 0.4) is 0 Å². The molecule has 0 saturated carbocycles. The average Bonchev–Trinajstić information content (AvgIpc) is 2.55. The molecule has 0 spiro atoms. The summed E-state index contributed by atoms with van der Waals surface area (Å²) >= 11 is 11.5. The first-order chi connectivity index (χ1) is 11.0. The van der Waals surface area contributed by atoms with Crippen LogP contribution >= 0.6 is 23.2 Å². The van der Waals surface area contributed by atoms with Crippen LogP contribution in [0.4, 0.5) is 5.69 Å². The van der Waals surface area contributed by atoms with E-state index in [4.69, 9.17) is 23.2 Å². The fourth-order valence-corrected chi connectivity index (χ4v) is 2.43. The molecule has 1 aromatic heterocycles. The number of carbonyl (C=O) groups is 1. The normalized spacial score (nSPS) is 10.7. The van der Waals surface area contributed by atoms with Crippen LogP contribution in [0, 0.1) is 0 Å². The molecular formula is C16H11Cl2N3O2. The summed E-state index contributed by atoms with van der Waals surface area (Å²) in [6.07, 6.45) is 1.23. The first kappa shape index (κ1) is 15.5. The molecule has 1 N–H and O–H groups in total. The van der Waals surface area contributed by atoms with Gasteiger partial charge < -0.3 is 5.32 Å². The summed E-state index contributed by atoms with van der Waals surface area (Å²) in [5, 5.41) is 8.52. The second kappa shape index (κ2) is 6.40. The molecule has 1 heterocycles. The van der Waals surface area contributed by atoms with Crippen molar-refractivity contribution in [1.82, 2.24) is 9.78 Å². The Morgan fingerprint density at radius 2 is 1.87 bits per heavy atom. The number of halogens is 2. The molecule has 3 aromatic rings. The van der Waals surface area contributed by atoms with Gasteiger partial charge in [-0.1, -0.05) is 53.5 Å². The zero-order valence-corrected chi connectivity index (χ0v) is 13.3. The molecule has 0 atom stereocenters. The Hall–Kier alpha value is -2.37. The largest absolute Gasteiger partial charge is 0.324 e. The molecule has 0 radical (unpaired) electrons. The number of nitrogens with zero attached hydrogens (tertiary/aromatic N) is 2. The van der Waals surface area contributed by atoms with Crippen LogP contribution in [0.15, 0.2) is 53.5 Å². The molecule has 116 valence electrons. The predicted molar refractivity (Wildman–Crippen MR) is 91.1 cm³/mol. The first-order valence-electron chi connectivity index (χ1n) is 6.74. The van der Waals surface area contributed by atoms with Crippen LogP contribution in [0.2, 0.25) is 10.0 Å². The van der Waals surface area contributed by atoms with Crippen LogP contribution in [0.1, 0.15) is 0 Å². The van der Waals surface area contributed by atoms with E-state index in [9.17, 15) is 9.59 Å². The van der Waals surface area contributed by atoms with E-state index in [0.29, 0.717) is 5.69 Å². The maximum Gasteiger partial charge on any atom is 0.287 e. The molecule has 0 fully saturated rings. The van der Waals surface area contributed by atoms with Gasteiger partial charge in [-0.15, -0.1) is 0 Å². The van der Waals surface area contributed by atoms with Gasteiger partial charge in [-0.2, -0.15) is 5.10 Å². The van der Waals surface area contributed by atoms with Gasteiger partial charge in [0, 0.05) is 5.69 Å². The number of fused-ring (bicyclic) bond motifs is 1. The van der Waals surface area contributed by atoms with Crippen molar-refractivity contribution in [3.63, 3.8) is 0 Å². The van der Waals surface area contributed by atoms with Crippen molar-refractivity contribution in [3.05, 3.63) is 69.1 Å². The zero-order chi connectivity index (χ0) is 16.4. The summed E-state index contributed by atoms with van der Waals surface area (Å²) in [6.45, 7) is -0.247. The van der Waals surface area contributed by atoms with Gasteiger partial charge in [0.25, 0.3) is 5.56 Å². The van der Waals surface area contributed by atoms with Crippen molar-refractivity contribution in [2.24, 2.45) is 0 Å². The predicted octanol–water partition coefficient (Wildman–Crippen LogP) is 3.34. The third kappa shape index (κ3) is 3.36. The molecule has 1 amide bonds. The van der Waals surface area contributed by atoms with Gasteiger partial charge in [-0.25, -0.2) is 4.68 Å². The Labute approximate surface area is 141 Å². The lowest BCUT2D eigenvalue weighted by Gasteiger charge is -2.08. The highest BCUT2D eigenvalue weighted by Crippen LogP contribution is 2.19. The van der Waals surface area contributed by atoms with E-state index in [1.165, 1.54) is 6.20 Å². The van der Waals surface area contributed by atoms with E-state index < -0.39 is 5.56 Å². The van der Waals surface area contributed by atoms with Crippen LogP contribution in [0.25, 0.3) is 10.8 Å². The molecular weight excluding hydrogens is 337 g/mol. The lowest BCUT2D eigenvalue weighted by Crippen LogP contribution is -2.29. The second-order valence-corrected chi connectivity index (χ2v) is 5.66. The number of hydrogen-bond donors (Lipinski definition) is 1. The Morgan fingerprint density at radius 1 is 1.13 bits per heavy atom. The number of rotatable bonds is 3. The van der Waals surface area contributed by atoms with E-state index in [1.807, 2.05) is 36.4 Å².